The maximum Gasteiger partial charge on any atom is 0.317 e. The number of carboxylic acids is 2. The SMILES string of the molecule is CCCCCCCCCCN(CCO)CCCCCCC(C(=O)O)C(=O)O. The summed E-state index contributed by atoms with van der Waals surface area (Å²) >= 11 is 0. The van der Waals surface area contributed by atoms with Crippen LogP contribution in [0.25, 0.3) is 0 Å². The molecule has 0 bridgehead atoms. The average Bonchev–Trinajstić information content (AvgIpc) is 2.62. The first-order chi connectivity index (χ1) is 13.0. The van der Waals surface area contributed by atoms with E-state index in [2.05, 4.69) is 11.8 Å². The minimum atomic E-state index is -1.28. The average molecular weight is 388 g/mol. The van der Waals surface area contributed by atoms with Gasteiger partial charge in [0.25, 0.3) is 0 Å². The van der Waals surface area contributed by atoms with Gasteiger partial charge < -0.3 is 20.2 Å². The van der Waals surface area contributed by atoms with Crippen molar-refractivity contribution in [3.8, 4) is 0 Å². The van der Waals surface area contributed by atoms with Crippen LogP contribution < -0.4 is 0 Å². The van der Waals surface area contributed by atoms with Gasteiger partial charge in [-0.05, 0) is 32.4 Å². The van der Waals surface area contributed by atoms with Gasteiger partial charge in [-0.25, -0.2) is 0 Å². The van der Waals surface area contributed by atoms with E-state index in [1.165, 1.54) is 51.4 Å². The van der Waals surface area contributed by atoms with Gasteiger partial charge in [-0.1, -0.05) is 71.1 Å². The zero-order valence-corrected chi connectivity index (χ0v) is 17.2. The normalized spacial score (nSPS) is 11.4. The highest BCUT2D eigenvalue weighted by Gasteiger charge is 2.24. The molecule has 0 fully saturated rings. The number of hydrogen-bond acceptors (Lipinski definition) is 4. The molecular weight excluding hydrogens is 346 g/mol. The molecule has 6 nitrogen and oxygen atoms in total. The molecule has 0 unspecified atom stereocenters. The van der Waals surface area contributed by atoms with Crippen LogP contribution in [0.2, 0.25) is 0 Å². The summed E-state index contributed by atoms with van der Waals surface area (Å²) in [7, 11) is 0. The molecule has 0 aromatic carbocycles. The maximum atomic E-state index is 10.8. The molecule has 0 saturated heterocycles. The summed E-state index contributed by atoms with van der Waals surface area (Å²) in [5.74, 6) is -3.78. The topological polar surface area (TPSA) is 98.1 Å². The summed E-state index contributed by atoms with van der Waals surface area (Å²) < 4.78 is 0. The summed E-state index contributed by atoms with van der Waals surface area (Å²) in [4.78, 5) is 23.9. The van der Waals surface area contributed by atoms with Crippen LogP contribution in [0.5, 0.6) is 0 Å². The molecule has 0 radical (unpaired) electrons. The lowest BCUT2D eigenvalue weighted by atomic mass is 10.0. The van der Waals surface area contributed by atoms with Crippen molar-refractivity contribution in [2.24, 2.45) is 5.92 Å². The van der Waals surface area contributed by atoms with Crippen molar-refractivity contribution >= 4 is 11.9 Å². The molecule has 0 heterocycles. The standard InChI is InChI=1S/C21H41NO5/c1-2-3-4-5-6-7-9-12-15-22(17-18-23)16-13-10-8-11-14-19(20(24)25)21(26)27/h19,23H,2-18H2,1H3,(H,24,25)(H,26,27). The monoisotopic (exact) mass is 387 g/mol. The highest BCUT2D eigenvalue weighted by atomic mass is 16.4. The molecular formula is C21H41NO5. The van der Waals surface area contributed by atoms with Crippen molar-refractivity contribution in [3.63, 3.8) is 0 Å². The van der Waals surface area contributed by atoms with E-state index in [1.807, 2.05) is 0 Å². The van der Waals surface area contributed by atoms with E-state index in [0.29, 0.717) is 13.0 Å². The molecule has 0 atom stereocenters. The van der Waals surface area contributed by atoms with Crippen LogP contribution in [0, 0.1) is 5.92 Å². The van der Waals surface area contributed by atoms with E-state index >= 15 is 0 Å². The van der Waals surface area contributed by atoms with E-state index in [1.54, 1.807) is 0 Å². The van der Waals surface area contributed by atoms with Gasteiger partial charge in [0.15, 0.2) is 5.92 Å². The van der Waals surface area contributed by atoms with E-state index in [-0.39, 0.29) is 13.0 Å². The van der Waals surface area contributed by atoms with E-state index in [4.69, 9.17) is 10.2 Å². The van der Waals surface area contributed by atoms with Gasteiger partial charge >= 0.3 is 11.9 Å². The van der Waals surface area contributed by atoms with Crippen LogP contribution in [0.4, 0.5) is 0 Å². The Balaban J connectivity index is 3.71. The minimum absolute atomic E-state index is 0.177. The number of aliphatic carboxylic acids is 2. The lowest BCUT2D eigenvalue weighted by Crippen LogP contribution is -2.29. The Kier molecular flexibility index (Phi) is 17.5. The van der Waals surface area contributed by atoms with Crippen LogP contribution in [0.1, 0.15) is 90.4 Å². The van der Waals surface area contributed by atoms with Gasteiger partial charge in [-0.15, -0.1) is 0 Å². The number of carbonyl (C=O) groups is 2. The largest absolute Gasteiger partial charge is 0.481 e. The minimum Gasteiger partial charge on any atom is -0.481 e. The van der Waals surface area contributed by atoms with Gasteiger partial charge in [0.05, 0.1) is 6.61 Å². The Hall–Kier alpha value is -1.14. The fraction of sp³-hybridized carbons (Fsp3) is 0.905. The van der Waals surface area contributed by atoms with Crippen LogP contribution in [-0.2, 0) is 9.59 Å². The fourth-order valence-electron chi connectivity index (χ4n) is 3.34. The molecule has 0 aliphatic rings. The fourth-order valence-corrected chi connectivity index (χ4v) is 3.34. The number of hydrogen-bond donors (Lipinski definition) is 3. The third-order valence-electron chi connectivity index (χ3n) is 5.06. The molecule has 0 saturated carbocycles. The molecule has 3 N–H and O–H groups in total. The summed E-state index contributed by atoms with van der Waals surface area (Å²) in [6.07, 6.45) is 14.0. The van der Waals surface area contributed by atoms with Crippen LogP contribution in [0.3, 0.4) is 0 Å². The molecule has 160 valence electrons. The number of unbranched alkanes of at least 4 members (excludes halogenated alkanes) is 10. The third-order valence-corrected chi connectivity index (χ3v) is 5.06. The van der Waals surface area contributed by atoms with Crippen molar-refractivity contribution in [2.75, 3.05) is 26.2 Å². The molecule has 0 aliphatic heterocycles. The Bertz CT molecular complexity index is 362. The molecule has 0 aliphatic carbocycles. The van der Waals surface area contributed by atoms with Gasteiger partial charge in [0.2, 0.25) is 0 Å². The second-order valence-corrected chi connectivity index (χ2v) is 7.47. The second-order valence-electron chi connectivity index (χ2n) is 7.47. The van der Waals surface area contributed by atoms with Crippen molar-refractivity contribution < 1.29 is 24.9 Å². The number of carboxylic acid groups (broad SMARTS) is 2. The van der Waals surface area contributed by atoms with E-state index < -0.39 is 17.9 Å². The third kappa shape index (κ3) is 15.6. The van der Waals surface area contributed by atoms with Crippen molar-refractivity contribution in [2.45, 2.75) is 90.4 Å². The first-order valence-corrected chi connectivity index (χ1v) is 10.8. The first kappa shape index (κ1) is 25.9. The molecule has 0 rings (SSSR count). The number of rotatable bonds is 20. The van der Waals surface area contributed by atoms with Crippen molar-refractivity contribution in [1.82, 2.24) is 4.90 Å². The smallest absolute Gasteiger partial charge is 0.317 e. The highest BCUT2D eigenvalue weighted by Crippen LogP contribution is 2.13. The quantitative estimate of drug-likeness (QED) is 0.214. The lowest BCUT2D eigenvalue weighted by Gasteiger charge is -2.21. The van der Waals surface area contributed by atoms with Gasteiger partial charge in [0.1, 0.15) is 0 Å². The Labute approximate surface area is 165 Å². The molecule has 0 aromatic heterocycles. The predicted molar refractivity (Wildman–Crippen MR) is 108 cm³/mol. The Morgan fingerprint density at radius 3 is 1.59 bits per heavy atom. The first-order valence-electron chi connectivity index (χ1n) is 10.8. The van der Waals surface area contributed by atoms with E-state index in [0.717, 1.165) is 32.4 Å². The highest BCUT2D eigenvalue weighted by molar-refractivity contribution is 5.92. The lowest BCUT2D eigenvalue weighted by molar-refractivity contribution is -0.154. The molecule has 0 spiro atoms. The zero-order chi connectivity index (χ0) is 20.3. The van der Waals surface area contributed by atoms with Gasteiger partial charge in [-0.2, -0.15) is 0 Å². The molecule has 0 aromatic rings. The van der Waals surface area contributed by atoms with Crippen LogP contribution >= 0.6 is 0 Å². The second kappa shape index (κ2) is 18.2. The van der Waals surface area contributed by atoms with Crippen LogP contribution in [-0.4, -0.2) is 58.4 Å². The summed E-state index contributed by atoms with van der Waals surface area (Å²) in [5.41, 5.74) is 0. The van der Waals surface area contributed by atoms with Gasteiger partial charge in [-0.3, -0.25) is 9.59 Å². The van der Waals surface area contributed by atoms with Crippen molar-refractivity contribution in [3.05, 3.63) is 0 Å². The number of aliphatic hydroxyl groups is 1. The molecule has 27 heavy (non-hydrogen) atoms. The van der Waals surface area contributed by atoms with Crippen LogP contribution in [0.15, 0.2) is 0 Å². The Morgan fingerprint density at radius 2 is 1.15 bits per heavy atom. The van der Waals surface area contributed by atoms with Gasteiger partial charge in [0, 0.05) is 6.54 Å². The molecule has 6 heteroatoms. The van der Waals surface area contributed by atoms with E-state index in [9.17, 15) is 14.7 Å². The number of nitrogens with zero attached hydrogens (tertiary/aromatic N) is 1. The predicted octanol–water partition coefficient (Wildman–Crippen LogP) is 4.16. The number of aliphatic hydroxyl groups excluding tert-OH is 1. The Morgan fingerprint density at radius 1 is 0.704 bits per heavy atom. The summed E-state index contributed by atoms with van der Waals surface area (Å²) in [5, 5.41) is 26.9. The summed E-state index contributed by atoms with van der Waals surface area (Å²) in [6.45, 7) is 5.08. The maximum absolute atomic E-state index is 10.8. The summed E-state index contributed by atoms with van der Waals surface area (Å²) in [6, 6.07) is 0. The zero-order valence-electron chi connectivity index (χ0n) is 17.2. The molecule has 0 amide bonds. The van der Waals surface area contributed by atoms with Crippen molar-refractivity contribution in [1.29, 1.82) is 0 Å².